The van der Waals surface area contributed by atoms with Crippen LogP contribution in [0.5, 0.6) is 0 Å². The van der Waals surface area contributed by atoms with E-state index < -0.39 is 18.2 Å². The van der Waals surface area contributed by atoms with Crippen molar-refractivity contribution in [2.24, 2.45) is 5.92 Å². The number of aromatic nitrogens is 4. The lowest BCUT2D eigenvalue weighted by atomic mass is 9.93. The van der Waals surface area contributed by atoms with Crippen LogP contribution in [0.15, 0.2) is 72.8 Å². The van der Waals surface area contributed by atoms with Gasteiger partial charge in [0.2, 0.25) is 11.8 Å². The van der Waals surface area contributed by atoms with Gasteiger partial charge in [-0.25, -0.2) is 19.6 Å². The lowest BCUT2D eigenvalue weighted by Gasteiger charge is -2.29. The zero-order valence-corrected chi connectivity index (χ0v) is 35.3. The van der Waals surface area contributed by atoms with Crippen molar-refractivity contribution in [3.63, 3.8) is 0 Å². The van der Waals surface area contributed by atoms with E-state index in [1.54, 1.807) is 0 Å². The second kappa shape index (κ2) is 20.0. The molecule has 6 aromatic rings. The summed E-state index contributed by atoms with van der Waals surface area (Å²) in [7, 11) is 2.55. The van der Waals surface area contributed by atoms with Crippen molar-refractivity contribution < 1.29 is 28.7 Å². The van der Waals surface area contributed by atoms with Crippen molar-refractivity contribution in [2.45, 2.75) is 78.3 Å². The number of fused-ring (bicyclic) bond motifs is 3. The minimum Gasteiger partial charge on any atom is -0.453 e. The molecular formula is C46H56N8O6. The molecule has 1 aliphatic rings. The fraction of sp³-hybridized carbons (Fsp3) is 0.391. The number of unbranched alkanes of at least 4 members (excludes halogenated alkanes) is 1. The lowest BCUT2D eigenvalue weighted by molar-refractivity contribution is -0.135. The Balaban J connectivity index is 0.00000195. The van der Waals surface area contributed by atoms with Gasteiger partial charge in [-0.2, -0.15) is 0 Å². The first-order chi connectivity index (χ1) is 29.0. The SMILES string of the molecule is CCC.COC(=O)NCC(=O)NCCCCc1nc2ccc(-c3cccc4c(-c5ccc6nc(C7CCCN7C(=O)C(NC(=O)OC)C(C)C)[nH]c6c5)cccc34)cc2[nH]1. The number of nitrogens with zero attached hydrogens (tertiary/aromatic N) is 3. The molecule has 1 saturated heterocycles. The molecule has 0 aliphatic carbocycles. The van der Waals surface area contributed by atoms with Gasteiger partial charge in [0.05, 0.1) is 48.9 Å². The molecule has 0 bridgehead atoms. The summed E-state index contributed by atoms with van der Waals surface area (Å²) >= 11 is 0. The minimum atomic E-state index is -0.695. The van der Waals surface area contributed by atoms with Gasteiger partial charge in [0.15, 0.2) is 0 Å². The molecule has 5 N–H and O–H groups in total. The third-order valence-corrected chi connectivity index (χ3v) is 10.6. The van der Waals surface area contributed by atoms with E-state index in [2.05, 4.69) is 105 Å². The molecule has 2 unspecified atom stereocenters. The van der Waals surface area contributed by atoms with E-state index in [1.165, 1.54) is 20.6 Å². The van der Waals surface area contributed by atoms with Gasteiger partial charge >= 0.3 is 12.2 Å². The summed E-state index contributed by atoms with van der Waals surface area (Å²) < 4.78 is 9.27. The Kier molecular flexibility index (Phi) is 14.4. The maximum atomic E-state index is 13.7. The average molecular weight is 817 g/mol. The molecule has 7 rings (SSSR count). The Morgan fingerprint density at radius 2 is 1.42 bits per heavy atom. The van der Waals surface area contributed by atoms with Gasteiger partial charge < -0.3 is 40.3 Å². The molecule has 0 spiro atoms. The number of aryl methyl sites for hydroxylation is 1. The second-order valence-electron chi connectivity index (χ2n) is 15.4. The van der Waals surface area contributed by atoms with Crippen molar-refractivity contribution in [3.8, 4) is 22.3 Å². The number of alkyl carbamates (subject to hydrolysis) is 2. The number of aromatic amines is 2. The van der Waals surface area contributed by atoms with Crippen LogP contribution < -0.4 is 16.0 Å². The Hall–Kier alpha value is -6.44. The number of hydrogen-bond acceptors (Lipinski definition) is 8. The third kappa shape index (κ3) is 10.0. The van der Waals surface area contributed by atoms with Crippen LogP contribution in [-0.2, 0) is 25.5 Å². The number of H-pyrrole nitrogens is 2. The number of likely N-dealkylation sites (tertiary alicyclic amines) is 1. The zero-order valence-electron chi connectivity index (χ0n) is 35.3. The number of methoxy groups -OCH3 is 2. The number of nitrogens with one attached hydrogen (secondary N) is 5. The molecule has 3 heterocycles. The number of carbonyl (C=O) groups excluding carboxylic acids is 4. The van der Waals surface area contributed by atoms with Gasteiger partial charge in [-0.3, -0.25) is 9.59 Å². The van der Waals surface area contributed by atoms with Crippen LogP contribution in [-0.4, -0.2) is 88.7 Å². The number of imidazole rings is 2. The fourth-order valence-corrected chi connectivity index (χ4v) is 7.64. The highest BCUT2D eigenvalue weighted by atomic mass is 16.5. The van der Waals surface area contributed by atoms with Crippen molar-refractivity contribution in [3.05, 3.63) is 84.4 Å². The number of ether oxygens (including phenoxy) is 2. The first kappa shape index (κ1) is 43.1. The van der Waals surface area contributed by atoms with Crippen LogP contribution in [0.3, 0.4) is 0 Å². The van der Waals surface area contributed by atoms with Gasteiger partial charge in [0, 0.05) is 19.5 Å². The maximum absolute atomic E-state index is 13.7. The van der Waals surface area contributed by atoms with Crippen LogP contribution >= 0.6 is 0 Å². The highest BCUT2D eigenvalue weighted by Crippen LogP contribution is 2.37. The number of hydrogen-bond donors (Lipinski definition) is 5. The molecule has 4 amide bonds. The van der Waals surface area contributed by atoms with Gasteiger partial charge in [-0.15, -0.1) is 0 Å². The van der Waals surface area contributed by atoms with Crippen molar-refractivity contribution >= 4 is 56.8 Å². The summed E-state index contributed by atoms with van der Waals surface area (Å²) in [4.78, 5) is 67.3. The normalized spacial score (nSPS) is 14.2. The Morgan fingerprint density at radius 1 is 0.800 bits per heavy atom. The lowest BCUT2D eigenvalue weighted by Crippen LogP contribution is -2.51. The summed E-state index contributed by atoms with van der Waals surface area (Å²) in [5.41, 5.74) is 7.91. The highest BCUT2D eigenvalue weighted by Gasteiger charge is 2.37. The van der Waals surface area contributed by atoms with Crippen molar-refractivity contribution in [2.75, 3.05) is 33.9 Å². The molecule has 0 radical (unpaired) electrons. The van der Waals surface area contributed by atoms with Crippen molar-refractivity contribution in [1.82, 2.24) is 40.8 Å². The number of amides is 4. The van der Waals surface area contributed by atoms with E-state index in [0.29, 0.717) is 13.1 Å². The van der Waals surface area contributed by atoms with E-state index in [9.17, 15) is 19.2 Å². The summed E-state index contributed by atoms with van der Waals surface area (Å²) in [6.07, 6.45) is 3.96. The molecule has 316 valence electrons. The van der Waals surface area contributed by atoms with E-state index >= 15 is 0 Å². The monoisotopic (exact) mass is 816 g/mol. The van der Waals surface area contributed by atoms with E-state index in [1.807, 2.05) is 30.9 Å². The van der Waals surface area contributed by atoms with Gasteiger partial charge in [-0.1, -0.05) is 82.6 Å². The van der Waals surface area contributed by atoms with Crippen molar-refractivity contribution in [1.29, 1.82) is 0 Å². The predicted molar refractivity (Wildman–Crippen MR) is 234 cm³/mol. The number of benzene rings is 4. The predicted octanol–water partition coefficient (Wildman–Crippen LogP) is 8.18. The van der Waals surface area contributed by atoms with E-state index in [0.717, 1.165) is 98.8 Å². The topological polar surface area (TPSA) is 183 Å². The summed E-state index contributed by atoms with van der Waals surface area (Å²) in [5, 5.41) is 10.1. The molecule has 1 aliphatic heterocycles. The first-order valence-corrected chi connectivity index (χ1v) is 20.8. The summed E-state index contributed by atoms with van der Waals surface area (Å²) in [6.45, 7) is 9.04. The Labute approximate surface area is 350 Å². The molecule has 0 saturated carbocycles. The number of carbonyl (C=O) groups is 4. The molecule has 1 fully saturated rings. The maximum Gasteiger partial charge on any atom is 0.407 e. The van der Waals surface area contributed by atoms with Crippen LogP contribution in [0.2, 0.25) is 0 Å². The number of rotatable bonds is 13. The van der Waals surface area contributed by atoms with Crippen LogP contribution in [0.25, 0.3) is 55.1 Å². The first-order valence-electron chi connectivity index (χ1n) is 20.8. The Bertz CT molecular complexity index is 2460. The quantitative estimate of drug-likeness (QED) is 0.0723. The zero-order chi connectivity index (χ0) is 42.8. The van der Waals surface area contributed by atoms with Gasteiger partial charge in [0.1, 0.15) is 17.7 Å². The smallest absolute Gasteiger partial charge is 0.407 e. The molecule has 2 atom stereocenters. The molecule has 14 heteroatoms. The molecule has 4 aromatic carbocycles. The van der Waals surface area contributed by atoms with Crippen LogP contribution in [0.4, 0.5) is 9.59 Å². The highest BCUT2D eigenvalue weighted by molar-refractivity contribution is 6.05. The summed E-state index contributed by atoms with van der Waals surface area (Å²) in [6, 6.07) is 24.4. The standard InChI is InChI=1S/C43H48N8O6.C3H8/c1-25(2)39(50-43(55)57-4)41(53)51-21-9-14-36(51)40-48-33-19-17-27(23-35(33)49-40)29-11-8-12-30-28(10-7-13-31(29)30)26-16-18-32-34(22-26)47-37(46-32)15-5-6-20-44-38(52)24-45-42(54)56-3;1-3-2/h7-8,10-13,16-19,22-23,25,36,39H,5-6,9,14-15,20-21,24H2,1-4H3,(H,44,52)(H,45,54)(H,46,47)(H,48,49)(H,50,55);3H2,1-2H3. The largest absolute Gasteiger partial charge is 0.453 e. The molecule has 60 heavy (non-hydrogen) atoms. The molecule has 14 nitrogen and oxygen atoms in total. The van der Waals surface area contributed by atoms with Crippen LogP contribution in [0, 0.1) is 5.92 Å². The molecular weight excluding hydrogens is 761 g/mol. The van der Waals surface area contributed by atoms with E-state index in [-0.39, 0.29) is 30.3 Å². The average Bonchev–Trinajstić information content (AvgIpc) is 4.02. The second-order valence-corrected chi connectivity index (χ2v) is 15.4. The Morgan fingerprint density at radius 3 is 2.03 bits per heavy atom. The van der Waals surface area contributed by atoms with Crippen LogP contribution in [0.1, 0.15) is 77.5 Å². The van der Waals surface area contributed by atoms with Gasteiger partial charge in [0.25, 0.3) is 0 Å². The molecule has 2 aromatic heterocycles. The minimum absolute atomic E-state index is 0.111. The van der Waals surface area contributed by atoms with Gasteiger partial charge in [-0.05, 0) is 88.9 Å². The van der Waals surface area contributed by atoms with E-state index in [4.69, 9.17) is 14.7 Å². The summed E-state index contributed by atoms with van der Waals surface area (Å²) in [5.74, 6) is 1.12. The third-order valence-electron chi connectivity index (χ3n) is 10.6. The fourth-order valence-electron chi connectivity index (χ4n) is 7.64.